The van der Waals surface area contributed by atoms with Crippen LogP contribution in [-0.2, 0) is 19.8 Å². The number of hydrogen-bond donors (Lipinski definition) is 1. The van der Waals surface area contributed by atoms with Crippen LogP contribution in [0.2, 0.25) is 25.7 Å². The Morgan fingerprint density at radius 1 is 1.32 bits per heavy atom. The molecule has 34 heavy (non-hydrogen) atoms. The van der Waals surface area contributed by atoms with Crippen LogP contribution >= 0.6 is 27.3 Å². The zero-order valence-corrected chi connectivity index (χ0v) is 24.1. The molecular weight excluding hydrogens is 540 g/mol. The van der Waals surface area contributed by atoms with Gasteiger partial charge < -0.3 is 14.4 Å². The Bertz CT molecular complexity index is 1000. The normalized spacial score (nSPS) is 22.9. The van der Waals surface area contributed by atoms with Crippen molar-refractivity contribution in [1.29, 1.82) is 0 Å². The average Bonchev–Trinajstić information content (AvgIpc) is 3.28. The van der Waals surface area contributed by atoms with E-state index < -0.39 is 37.3 Å². The molecule has 9 nitrogen and oxygen atoms in total. The topological polar surface area (TPSA) is 101 Å². The Kier molecular flexibility index (Phi) is 7.54. The zero-order chi connectivity index (χ0) is 25.5. The number of fused-ring (bicyclic) bond motifs is 1. The molecule has 3 heterocycles. The van der Waals surface area contributed by atoms with E-state index in [0.29, 0.717) is 6.61 Å². The molecule has 1 fully saturated rings. The molecule has 0 saturated carbocycles. The predicted octanol–water partition coefficient (Wildman–Crippen LogP) is 4.47. The number of ether oxygens (including phenoxy) is 2. The van der Waals surface area contributed by atoms with E-state index in [-0.39, 0.29) is 25.0 Å². The van der Waals surface area contributed by atoms with Gasteiger partial charge in [0.15, 0.2) is 0 Å². The number of hydrogen-bond acceptors (Lipinski definition) is 7. The predicted molar refractivity (Wildman–Crippen MR) is 138 cm³/mol. The largest absolute Gasteiger partial charge is 0.450 e. The molecular formula is C22H33BrN4O5SSi. The number of guanidine groups is 1. The number of amides is 3. The van der Waals surface area contributed by atoms with E-state index in [1.807, 2.05) is 12.1 Å². The van der Waals surface area contributed by atoms with E-state index in [1.54, 1.807) is 32.7 Å². The van der Waals surface area contributed by atoms with Crippen molar-refractivity contribution in [2.75, 3.05) is 26.7 Å². The van der Waals surface area contributed by atoms with Crippen molar-refractivity contribution in [3.05, 3.63) is 20.8 Å². The lowest BCUT2D eigenvalue weighted by Gasteiger charge is -2.37. The molecule has 0 bridgehead atoms. The molecule has 0 aliphatic carbocycles. The second kappa shape index (κ2) is 9.61. The van der Waals surface area contributed by atoms with E-state index in [9.17, 15) is 14.4 Å². The molecule has 2 aliphatic heterocycles. The number of alkyl carbamates (subject to hydrolysis) is 1. The molecule has 1 aromatic rings. The van der Waals surface area contributed by atoms with Gasteiger partial charge >= 0.3 is 12.2 Å². The first-order chi connectivity index (χ1) is 15.6. The third-order valence-electron chi connectivity index (χ3n) is 5.61. The van der Waals surface area contributed by atoms with Crippen LogP contribution in [0.3, 0.4) is 0 Å². The second-order valence-corrected chi connectivity index (χ2v) is 18.9. The van der Waals surface area contributed by atoms with E-state index >= 15 is 0 Å². The molecule has 0 spiro atoms. The lowest BCUT2D eigenvalue weighted by Crippen LogP contribution is -2.56. The van der Waals surface area contributed by atoms with Crippen molar-refractivity contribution in [3.63, 3.8) is 0 Å². The van der Waals surface area contributed by atoms with Gasteiger partial charge in [-0.3, -0.25) is 15.0 Å². The highest BCUT2D eigenvalue weighted by molar-refractivity contribution is 9.11. The van der Waals surface area contributed by atoms with Gasteiger partial charge in [-0.05, 0) is 54.9 Å². The monoisotopic (exact) mass is 572 g/mol. The standard InChI is InChI=1S/C22H33BrN4O5SSi/c1-21(2,3)32-19(29)24-18-25-22(15-8-9-16(23)33-15)13-27(12-14(22)17(28)26(18)4)20(30)31-10-11-34(5,6)7/h8-9,14H,10-13H2,1-7H3,(H,24,25,29). The lowest BCUT2D eigenvalue weighted by atomic mass is 9.84. The minimum atomic E-state index is -1.36. The minimum Gasteiger partial charge on any atom is -0.450 e. The fraction of sp³-hybridized carbons (Fsp3) is 0.636. The van der Waals surface area contributed by atoms with E-state index in [2.05, 4.69) is 40.9 Å². The van der Waals surface area contributed by atoms with Crippen LogP contribution in [0, 0.1) is 5.92 Å². The molecule has 2 unspecified atom stereocenters. The van der Waals surface area contributed by atoms with Crippen LogP contribution in [0.15, 0.2) is 20.9 Å². The Hall–Kier alpha value is -1.92. The summed E-state index contributed by atoms with van der Waals surface area (Å²) in [5.41, 5.74) is -1.73. The number of thiophene rings is 1. The number of carbonyl (C=O) groups excluding carboxylic acids is 3. The van der Waals surface area contributed by atoms with Crippen LogP contribution in [0.4, 0.5) is 9.59 Å². The van der Waals surface area contributed by atoms with Crippen molar-refractivity contribution in [3.8, 4) is 0 Å². The Balaban J connectivity index is 1.91. The van der Waals surface area contributed by atoms with Crippen LogP contribution in [0.25, 0.3) is 0 Å². The van der Waals surface area contributed by atoms with Crippen LogP contribution in [0.1, 0.15) is 25.6 Å². The fourth-order valence-electron chi connectivity index (χ4n) is 3.87. The molecule has 12 heteroatoms. The third kappa shape index (κ3) is 6.00. The Morgan fingerprint density at radius 2 is 2.00 bits per heavy atom. The minimum absolute atomic E-state index is 0.0916. The fourth-order valence-corrected chi connectivity index (χ4v) is 6.15. The number of halogens is 1. The first-order valence-corrected chi connectivity index (χ1v) is 16.5. The van der Waals surface area contributed by atoms with Gasteiger partial charge in [0, 0.05) is 26.5 Å². The first kappa shape index (κ1) is 26.7. The maximum atomic E-state index is 13.5. The number of aliphatic imine (C=N–C) groups is 1. The van der Waals surface area contributed by atoms with Crippen molar-refractivity contribution >= 4 is 59.4 Å². The van der Waals surface area contributed by atoms with Crippen LogP contribution in [-0.4, -0.2) is 74.3 Å². The van der Waals surface area contributed by atoms with Gasteiger partial charge in [-0.15, -0.1) is 11.3 Å². The molecule has 2 atom stereocenters. The zero-order valence-electron chi connectivity index (χ0n) is 20.7. The summed E-state index contributed by atoms with van der Waals surface area (Å²) in [5, 5.41) is 2.62. The summed E-state index contributed by atoms with van der Waals surface area (Å²) >= 11 is 4.94. The highest BCUT2D eigenvalue weighted by Crippen LogP contribution is 2.47. The molecule has 188 valence electrons. The number of nitrogens with one attached hydrogen (secondary N) is 1. The summed E-state index contributed by atoms with van der Waals surface area (Å²) in [6, 6.07) is 4.65. The van der Waals surface area contributed by atoms with Gasteiger partial charge in [0.1, 0.15) is 11.1 Å². The van der Waals surface area contributed by atoms with Crippen LogP contribution in [0.5, 0.6) is 0 Å². The molecule has 2 aliphatic rings. The van der Waals surface area contributed by atoms with Crippen molar-refractivity contribution in [1.82, 2.24) is 15.1 Å². The molecule has 1 N–H and O–H groups in total. The lowest BCUT2D eigenvalue weighted by molar-refractivity contribution is -0.132. The van der Waals surface area contributed by atoms with Crippen LogP contribution < -0.4 is 5.32 Å². The highest BCUT2D eigenvalue weighted by Gasteiger charge is 2.58. The SMILES string of the molecule is CN1C(=O)C2CN(C(=O)OCC[Si](C)(C)C)CC2(c2ccc(Br)s2)N=C1NC(=O)OC(C)(C)C. The first-order valence-electron chi connectivity index (χ1n) is 11.2. The molecule has 0 aromatic carbocycles. The maximum absolute atomic E-state index is 13.5. The summed E-state index contributed by atoms with van der Waals surface area (Å²) in [7, 11) is 0.202. The van der Waals surface area contributed by atoms with Gasteiger partial charge in [-0.2, -0.15) is 0 Å². The summed E-state index contributed by atoms with van der Waals surface area (Å²) < 4.78 is 11.8. The third-order valence-corrected chi connectivity index (χ3v) is 9.11. The van der Waals surface area contributed by atoms with Crippen molar-refractivity contribution in [2.24, 2.45) is 10.9 Å². The van der Waals surface area contributed by atoms with Gasteiger partial charge in [0.05, 0.1) is 22.9 Å². The number of nitrogens with zero attached hydrogens (tertiary/aromatic N) is 3. The van der Waals surface area contributed by atoms with Crippen molar-refractivity contribution in [2.45, 2.75) is 57.6 Å². The number of likely N-dealkylation sites (tertiary alicyclic amines) is 1. The van der Waals surface area contributed by atoms with Gasteiger partial charge in [0.2, 0.25) is 11.9 Å². The maximum Gasteiger partial charge on any atom is 0.414 e. The number of carbonyl (C=O) groups is 3. The summed E-state index contributed by atoms with van der Waals surface area (Å²) in [4.78, 5) is 47.4. The van der Waals surface area contributed by atoms with Gasteiger partial charge in [-0.25, -0.2) is 14.6 Å². The van der Waals surface area contributed by atoms with E-state index in [1.165, 1.54) is 16.2 Å². The molecule has 3 amide bonds. The average molecular weight is 574 g/mol. The second-order valence-electron chi connectivity index (χ2n) is 10.8. The van der Waals surface area contributed by atoms with E-state index in [0.717, 1.165) is 14.7 Å². The summed E-state index contributed by atoms with van der Waals surface area (Å²) in [6.07, 6.45) is -1.15. The Labute approximate surface area is 214 Å². The van der Waals surface area contributed by atoms with Crippen molar-refractivity contribution < 1.29 is 23.9 Å². The molecule has 0 radical (unpaired) electrons. The van der Waals surface area contributed by atoms with Gasteiger partial charge in [-0.1, -0.05) is 19.6 Å². The Morgan fingerprint density at radius 3 is 2.56 bits per heavy atom. The number of rotatable bonds is 4. The van der Waals surface area contributed by atoms with Gasteiger partial charge in [0.25, 0.3) is 0 Å². The molecule has 3 rings (SSSR count). The smallest absolute Gasteiger partial charge is 0.414 e. The highest BCUT2D eigenvalue weighted by atomic mass is 79.9. The summed E-state index contributed by atoms with van der Waals surface area (Å²) in [6.45, 7) is 12.7. The quantitative estimate of drug-likeness (QED) is 0.536. The molecule has 1 aromatic heterocycles. The summed E-state index contributed by atoms with van der Waals surface area (Å²) in [5.74, 6) is -0.742. The molecule has 1 saturated heterocycles. The van der Waals surface area contributed by atoms with E-state index in [4.69, 9.17) is 14.5 Å².